The van der Waals surface area contributed by atoms with Crippen molar-refractivity contribution in [2.75, 3.05) is 5.73 Å². The quantitative estimate of drug-likeness (QED) is 0.797. The number of aromatic nitrogens is 1. The summed E-state index contributed by atoms with van der Waals surface area (Å²) < 4.78 is 7.26. The fourth-order valence-corrected chi connectivity index (χ4v) is 2.18. The van der Waals surface area contributed by atoms with E-state index in [-0.39, 0.29) is 12.1 Å². The van der Waals surface area contributed by atoms with Crippen LogP contribution in [0.15, 0.2) is 12.3 Å². The largest absolute Gasteiger partial charge is 0.458 e. The Bertz CT molecular complexity index is 378. The van der Waals surface area contributed by atoms with Gasteiger partial charge in [0.2, 0.25) is 0 Å². The predicted molar refractivity (Wildman–Crippen MR) is 62.2 cm³/mol. The molecule has 88 valence electrons. The van der Waals surface area contributed by atoms with Gasteiger partial charge in [-0.05, 0) is 38.7 Å². The second-order valence-corrected chi connectivity index (χ2v) is 4.26. The van der Waals surface area contributed by atoms with E-state index in [0.29, 0.717) is 11.4 Å². The molecule has 4 nitrogen and oxygen atoms in total. The molecule has 1 aliphatic carbocycles. The molecule has 0 amide bonds. The molecular formula is C12H18N2O2. The molecule has 0 atom stereocenters. The minimum absolute atomic E-state index is 0.105. The molecule has 0 aliphatic heterocycles. The molecule has 2 rings (SSSR count). The fraction of sp³-hybridized carbons (Fsp3) is 0.583. The van der Waals surface area contributed by atoms with Crippen molar-refractivity contribution < 1.29 is 9.53 Å². The normalized spacial score (nSPS) is 16.6. The molecular weight excluding hydrogens is 204 g/mol. The number of carbonyl (C=O) groups is 1. The van der Waals surface area contributed by atoms with Crippen molar-refractivity contribution in [2.45, 2.75) is 45.3 Å². The van der Waals surface area contributed by atoms with Gasteiger partial charge in [0.05, 0.1) is 5.69 Å². The van der Waals surface area contributed by atoms with E-state index in [1.165, 1.54) is 0 Å². The van der Waals surface area contributed by atoms with E-state index in [4.69, 9.17) is 10.5 Å². The van der Waals surface area contributed by atoms with Crippen molar-refractivity contribution in [1.29, 1.82) is 0 Å². The number of hydrogen-bond acceptors (Lipinski definition) is 3. The van der Waals surface area contributed by atoms with Crippen molar-refractivity contribution in [3.8, 4) is 0 Å². The zero-order valence-electron chi connectivity index (χ0n) is 9.61. The smallest absolute Gasteiger partial charge is 0.355 e. The molecule has 4 heteroatoms. The van der Waals surface area contributed by atoms with E-state index in [2.05, 4.69) is 0 Å². The molecule has 1 fully saturated rings. The van der Waals surface area contributed by atoms with Gasteiger partial charge in [0, 0.05) is 12.7 Å². The van der Waals surface area contributed by atoms with Gasteiger partial charge in [-0.25, -0.2) is 4.79 Å². The molecule has 1 aromatic rings. The topological polar surface area (TPSA) is 57.2 Å². The molecule has 0 spiro atoms. The monoisotopic (exact) mass is 222 g/mol. The van der Waals surface area contributed by atoms with Crippen LogP contribution in [0.1, 0.15) is 43.1 Å². The second-order valence-electron chi connectivity index (χ2n) is 4.26. The third-order valence-corrected chi connectivity index (χ3v) is 3.04. The van der Waals surface area contributed by atoms with Crippen LogP contribution in [-0.4, -0.2) is 16.6 Å². The number of rotatable bonds is 3. The summed E-state index contributed by atoms with van der Waals surface area (Å²) in [5.41, 5.74) is 6.85. The molecule has 0 unspecified atom stereocenters. The molecule has 1 heterocycles. The molecule has 16 heavy (non-hydrogen) atoms. The van der Waals surface area contributed by atoms with Gasteiger partial charge >= 0.3 is 5.97 Å². The number of nitrogens with zero attached hydrogens (tertiary/aromatic N) is 1. The first-order valence-corrected chi connectivity index (χ1v) is 5.87. The van der Waals surface area contributed by atoms with Crippen molar-refractivity contribution in [3.63, 3.8) is 0 Å². The van der Waals surface area contributed by atoms with E-state index < -0.39 is 0 Å². The van der Waals surface area contributed by atoms with Crippen LogP contribution in [0.5, 0.6) is 0 Å². The zero-order chi connectivity index (χ0) is 11.5. The standard InChI is InChI=1S/C12H18N2O2/c1-2-14-8-9(13)7-11(14)12(15)16-10-5-3-4-6-10/h7-8,10H,2-6,13H2,1H3. The average molecular weight is 222 g/mol. The summed E-state index contributed by atoms with van der Waals surface area (Å²) in [5, 5.41) is 0. The number of hydrogen-bond donors (Lipinski definition) is 1. The van der Waals surface area contributed by atoms with Crippen LogP contribution in [0.2, 0.25) is 0 Å². The highest BCUT2D eigenvalue weighted by molar-refractivity contribution is 5.89. The molecule has 1 aliphatic rings. The molecule has 1 saturated carbocycles. The molecule has 1 aromatic heterocycles. The second kappa shape index (κ2) is 4.60. The summed E-state index contributed by atoms with van der Waals surface area (Å²) in [6.07, 6.45) is 6.19. The Balaban J connectivity index is 2.07. The van der Waals surface area contributed by atoms with Crippen LogP contribution < -0.4 is 5.73 Å². The Kier molecular flexibility index (Phi) is 3.17. The van der Waals surface area contributed by atoms with Crippen LogP contribution in [0.25, 0.3) is 0 Å². The maximum absolute atomic E-state index is 11.9. The lowest BCUT2D eigenvalue weighted by atomic mass is 10.3. The van der Waals surface area contributed by atoms with E-state index in [0.717, 1.165) is 32.2 Å². The fourth-order valence-electron chi connectivity index (χ4n) is 2.18. The third kappa shape index (κ3) is 2.21. The van der Waals surface area contributed by atoms with Gasteiger partial charge in [-0.15, -0.1) is 0 Å². The van der Waals surface area contributed by atoms with Crippen molar-refractivity contribution >= 4 is 11.7 Å². The number of carbonyl (C=O) groups excluding carboxylic acids is 1. The summed E-state index contributed by atoms with van der Waals surface area (Å²) in [6.45, 7) is 2.71. The van der Waals surface area contributed by atoms with Crippen LogP contribution in [0.3, 0.4) is 0 Å². The molecule has 2 N–H and O–H groups in total. The molecule has 0 saturated heterocycles. The highest BCUT2D eigenvalue weighted by Gasteiger charge is 2.22. The number of esters is 1. The Hall–Kier alpha value is -1.45. The number of anilines is 1. The third-order valence-electron chi connectivity index (χ3n) is 3.04. The first kappa shape index (κ1) is 11.0. The van der Waals surface area contributed by atoms with Gasteiger partial charge in [-0.2, -0.15) is 0 Å². The summed E-state index contributed by atoms with van der Waals surface area (Å²) in [4.78, 5) is 11.9. The lowest BCUT2D eigenvalue weighted by Gasteiger charge is -2.12. The Labute approximate surface area is 95.4 Å². The zero-order valence-corrected chi connectivity index (χ0v) is 9.61. The van der Waals surface area contributed by atoms with Crippen LogP contribution in [0, 0.1) is 0 Å². The molecule has 0 radical (unpaired) electrons. The summed E-state index contributed by atoms with van der Waals surface area (Å²) >= 11 is 0. The number of nitrogens with two attached hydrogens (primary N) is 1. The van der Waals surface area contributed by atoms with Gasteiger partial charge in [0.25, 0.3) is 0 Å². The maximum atomic E-state index is 11.9. The average Bonchev–Trinajstić information content (AvgIpc) is 2.86. The van der Waals surface area contributed by atoms with Gasteiger partial charge in [-0.1, -0.05) is 0 Å². The summed E-state index contributed by atoms with van der Waals surface area (Å²) in [5.74, 6) is -0.245. The SMILES string of the molecule is CCn1cc(N)cc1C(=O)OC1CCCC1. The minimum Gasteiger partial charge on any atom is -0.458 e. The lowest BCUT2D eigenvalue weighted by Crippen LogP contribution is -2.17. The Morgan fingerprint density at radius 3 is 2.88 bits per heavy atom. The highest BCUT2D eigenvalue weighted by atomic mass is 16.5. The number of aryl methyl sites for hydroxylation is 1. The van der Waals surface area contributed by atoms with E-state index in [1.54, 1.807) is 12.3 Å². The van der Waals surface area contributed by atoms with Crippen molar-refractivity contribution in [1.82, 2.24) is 4.57 Å². The Morgan fingerprint density at radius 2 is 2.25 bits per heavy atom. The lowest BCUT2D eigenvalue weighted by molar-refractivity contribution is 0.0305. The summed E-state index contributed by atoms with van der Waals surface area (Å²) in [7, 11) is 0. The first-order valence-electron chi connectivity index (χ1n) is 5.87. The van der Waals surface area contributed by atoms with Gasteiger partial charge < -0.3 is 15.0 Å². The number of nitrogen functional groups attached to an aromatic ring is 1. The van der Waals surface area contributed by atoms with Crippen LogP contribution in [-0.2, 0) is 11.3 Å². The Morgan fingerprint density at radius 1 is 1.56 bits per heavy atom. The minimum atomic E-state index is -0.245. The van der Waals surface area contributed by atoms with E-state index >= 15 is 0 Å². The van der Waals surface area contributed by atoms with Crippen LogP contribution >= 0.6 is 0 Å². The highest BCUT2D eigenvalue weighted by Crippen LogP contribution is 2.22. The van der Waals surface area contributed by atoms with Gasteiger partial charge in [0.15, 0.2) is 0 Å². The van der Waals surface area contributed by atoms with Crippen molar-refractivity contribution in [3.05, 3.63) is 18.0 Å². The van der Waals surface area contributed by atoms with Crippen molar-refractivity contribution in [2.24, 2.45) is 0 Å². The maximum Gasteiger partial charge on any atom is 0.355 e. The van der Waals surface area contributed by atoms with E-state index in [1.807, 2.05) is 11.5 Å². The number of ether oxygens (including phenoxy) is 1. The van der Waals surface area contributed by atoms with Gasteiger partial charge in [-0.3, -0.25) is 0 Å². The molecule has 0 aromatic carbocycles. The summed E-state index contributed by atoms with van der Waals surface area (Å²) in [6, 6.07) is 1.68. The molecule has 0 bridgehead atoms. The van der Waals surface area contributed by atoms with Crippen LogP contribution in [0.4, 0.5) is 5.69 Å². The predicted octanol–water partition coefficient (Wildman–Crippen LogP) is 2.19. The van der Waals surface area contributed by atoms with E-state index in [9.17, 15) is 4.79 Å². The van der Waals surface area contributed by atoms with Gasteiger partial charge in [0.1, 0.15) is 11.8 Å². The first-order chi connectivity index (χ1) is 7.70.